The number of nitrogens with zero attached hydrogens (tertiary/aromatic N) is 2. The second-order valence-electron chi connectivity index (χ2n) is 5.54. The summed E-state index contributed by atoms with van der Waals surface area (Å²) < 4.78 is 5.58. The van der Waals surface area contributed by atoms with Gasteiger partial charge in [0, 0.05) is 13.1 Å². The number of aliphatic hydroxyl groups excluding tert-OH is 1. The highest BCUT2D eigenvalue weighted by atomic mass is 16.5. The third-order valence-corrected chi connectivity index (χ3v) is 4.13. The molecule has 0 bridgehead atoms. The second-order valence-corrected chi connectivity index (χ2v) is 5.54. The summed E-state index contributed by atoms with van der Waals surface area (Å²) in [5.74, 6) is 0. The number of piperidine rings is 1. The van der Waals surface area contributed by atoms with Crippen molar-refractivity contribution >= 4 is 0 Å². The first kappa shape index (κ1) is 14.3. The van der Waals surface area contributed by atoms with E-state index in [1.807, 2.05) is 0 Å². The van der Waals surface area contributed by atoms with Gasteiger partial charge in [-0.3, -0.25) is 0 Å². The molecule has 0 aromatic heterocycles. The second kappa shape index (κ2) is 8.10. The molecule has 2 saturated heterocycles. The minimum Gasteiger partial charge on any atom is -0.394 e. The predicted molar refractivity (Wildman–Crippen MR) is 72.8 cm³/mol. The fraction of sp³-hybridized carbons (Fsp3) is 1.00. The first-order valence-corrected chi connectivity index (χ1v) is 7.55. The molecule has 1 N–H and O–H groups in total. The van der Waals surface area contributed by atoms with Gasteiger partial charge in [-0.05, 0) is 58.3 Å². The fourth-order valence-electron chi connectivity index (χ4n) is 3.04. The van der Waals surface area contributed by atoms with E-state index in [1.54, 1.807) is 0 Å². The van der Waals surface area contributed by atoms with Gasteiger partial charge in [-0.1, -0.05) is 0 Å². The van der Waals surface area contributed by atoms with Crippen LogP contribution in [0.4, 0.5) is 0 Å². The molecule has 0 saturated carbocycles. The average molecular weight is 256 g/mol. The Morgan fingerprint density at radius 1 is 0.944 bits per heavy atom. The molecule has 0 amide bonds. The Morgan fingerprint density at radius 3 is 2.17 bits per heavy atom. The highest BCUT2D eigenvalue weighted by Crippen LogP contribution is 2.14. The van der Waals surface area contributed by atoms with Crippen LogP contribution in [-0.4, -0.2) is 73.5 Å². The Kier molecular flexibility index (Phi) is 6.41. The van der Waals surface area contributed by atoms with Crippen LogP contribution in [0, 0.1) is 0 Å². The van der Waals surface area contributed by atoms with Crippen LogP contribution < -0.4 is 0 Å². The molecule has 0 radical (unpaired) electrons. The first-order chi connectivity index (χ1) is 8.88. The zero-order chi connectivity index (χ0) is 12.6. The van der Waals surface area contributed by atoms with Crippen molar-refractivity contribution in [1.29, 1.82) is 0 Å². The van der Waals surface area contributed by atoms with Gasteiger partial charge < -0.3 is 19.6 Å². The molecule has 18 heavy (non-hydrogen) atoms. The maximum absolute atomic E-state index is 8.73. The van der Waals surface area contributed by atoms with E-state index in [1.165, 1.54) is 45.4 Å². The van der Waals surface area contributed by atoms with Crippen molar-refractivity contribution in [3.63, 3.8) is 0 Å². The van der Waals surface area contributed by atoms with Crippen LogP contribution in [0.2, 0.25) is 0 Å². The van der Waals surface area contributed by atoms with Gasteiger partial charge in [-0.15, -0.1) is 0 Å². The Labute approximate surface area is 111 Å². The molecule has 0 atom stereocenters. The van der Waals surface area contributed by atoms with Gasteiger partial charge in [-0.25, -0.2) is 0 Å². The van der Waals surface area contributed by atoms with E-state index in [0.29, 0.717) is 12.7 Å². The minimum absolute atomic E-state index is 0.149. The monoisotopic (exact) mass is 256 g/mol. The topological polar surface area (TPSA) is 35.9 Å². The number of rotatable bonds is 7. The molecule has 4 heteroatoms. The van der Waals surface area contributed by atoms with Crippen molar-refractivity contribution in [3.05, 3.63) is 0 Å². The molecule has 0 aromatic rings. The summed E-state index contributed by atoms with van der Waals surface area (Å²) in [5.41, 5.74) is 0. The Balaban J connectivity index is 1.50. The molecule has 2 aliphatic heterocycles. The molecule has 2 rings (SSSR count). The van der Waals surface area contributed by atoms with Gasteiger partial charge in [0.25, 0.3) is 0 Å². The average Bonchev–Trinajstić information content (AvgIpc) is 2.91. The van der Waals surface area contributed by atoms with Crippen LogP contribution in [0.25, 0.3) is 0 Å². The van der Waals surface area contributed by atoms with Crippen LogP contribution in [0.3, 0.4) is 0 Å². The van der Waals surface area contributed by atoms with Crippen LogP contribution >= 0.6 is 0 Å². The van der Waals surface area contributed by atoms with E-state index < -0.39 is 0 Å². The maximum atomic E-state index is 8.73. The molecular weight excluding hydrogens is 228 g/mol. The lowest BCUT2D eigenvalue weighted by molar-refractivity contribution is -0.00805. The highest BCUT2D eigenvalue weighted by molar-refractivity contribution is 4.73. The number of hydrogen-bond donors (Lipinski definition) is 1. The molecule has 0 spiro atoms. The van der Waals surface area contributed by atoms with Crippen molar-refractivity contribution < 1.29 is 9.84 Å². The number of ether oxygens (including phenoxy) is 1. The van der Waals surface area contributed by atoms with Crippen molar-refractivity contribution in [2.45, 2.75) is 38.2 Å². The SMILES string of the molecule is OCCOC1CCN(CCCN2CCCC2)CC1. The molecule has 0 aliphatic carbocycles. The van der Waals surface area contributed by atoms with E-state index in [2.05, 4.69) is 9.80 Å². The lowest BCUT2D eigenvalue weighted by Crippen LogP contribution is -2.38. The predicted octanol–water partition coefficient (Wildman–Crippen LogP) is 0.946. The zero-order valence-electron chi connectivity index (χ0n) is 11.5. The molecule has 106 valence electrons. The van der Waals surface area contributed by atoms with Crippen LogP contribution in [0.1, 0.15) is 32.1 Å². The van der Waals surface area contributed by atoms with Crippen LogP contribution in [0.5, 0.6) is 0 Å². The fourth-order valence-corrected chi connectivity index (χ4v) is 3.04. The molecule has 0 aromatic carbocycles. The van der Waals surface area contributed by atoms with Gasteiger partial charge >= 0.3 is 0 Å². The molecular formula is C14H28N2O2. The third-order valence-electron chi connectivity index (χ3n) is 4.13. The normalized spacial score (nSPS) is 23.8. The highest BCUT2D eigenvalue weighted by Gasteiger charge is 2.19. The van der Waals surface area contributed by atoms with E-state index in [0.717, 1.165) is 25.9 Å². The summed E-state index contributed by atoms with van der Waals surface area (Å²) in [6.07, 6.45) is 6.74. The molecule has 2 fully saturated rings. The van der Waals surface area contributed by atoms with Crippen LogP contribution in [-0.2, 0) is 4.74 Å². The molecule has 2 heterocycles. The van der Waals surface area contributed by atoms with E-state index in [4.69, 9.17) is 9.84 Å². The smallest absolute Gasteiger partial charge is 0.0701 e. The van der Waals surface area contributed by atoms with Crippen molar-refractivity contribution in [1.82, 2.24) is 9.80 Å². The summed E-state index contributed by atoms with van der Waals surface area (Å²) >= 11 is 0. The third kappa shape index (κ3) is 4.84. The van der Waals surface area contributed by atoms with Gasteiger partial charge in [0.1, 0.15) is 0 Å². The molecule has 2 aliphatic rings. The summed E-state index contributed by atoms with van der Waals surface area (Å²) in [5, 5.41) is 8.73. The summed E-state index contributed by atoms with van der Waals surface area (Å²) in [7, 11) is 0. The van der Waals surface area contributed by atoms with Gasteiger partial charge in [0.05, 0.1) is 19.3 Å². The quantitative estimate of drug-likeness (QED) is 0.735. The molecule has 0 unspecified atom stereocenters. The summed E-state index contributed by atoms with van der Waals surface area (Å²) in [6, 6.07) is 0. The lowest BCUT2D eigenvalue weighted by Gasteiger charge is -2.32. The van der Waals surface area contributed by atoms with E-state index in [9.17, 15) is 0 Å². The van der Waals surface area contributed by atoms with Crippen molar-refractivity contribution in [2.24, 2.45) is 0 Å². The van der Waals surface area contributed by atoms with Gasteiger partial charge in [-0.2, -0.15) is 0 Å². The van der Waals surface area contributed by atoms with Gasteiger partial charge in [0.15, 0.2) is 0 Å². The Hall–Kier alpha value is -0.160. The van der Waals surface area contributed by atoms with Crippen molar-refractivity contribution in [2.75, 3.05) is 52.5 Å². The largest absolute Gasteiger partial charge is 0.394 e. The minimum atomic E-state index is 0.149. The van der Waals surface area contributed by atoms with Crippen LogP contribution in [0.15, 0.2) is 0 Å². The lowest BCUT2D eigenvalue weighted by atomic mass is 10.1. The maximum Gasteiger partial charge on any atom is 0.0701 e. The van der Waals surface area contributed by atoms with E-state index in [-0.39, 0.29) is 6.61 Å². The Morgan fingerprint density at radius 2 is 1.56 bits per heavy atom. The standard InChI is InChI=1S/C14H28N2O2/c17-12-13-18-14-4-10-16(11-5-14)9-3-8-15-6-1-2-7-15/h14,17H,1-13H2. The summed E-state index contributed by atoms with van der Waals surface area (Å²) in [4.78, 5) is 5.16. The zero-order valence-corrected chi connectivity index (χ0v) is 11.5. The number of likely N-dealkylation sites (tertiary alicyclic amines) is 2. The Bertz CT molecular complexity index is 212. The van der Waals surface area contributed by atoms with Crippen molar-refractivity contribution in [3.8, 4) is 0 Å². The van der Waals surface area contributed by atoms with Gasteiger partial charge in [0.2, 0.25) is 0 Å². The number of hydrogen-bond acceptors (Lipinski definition) is 4. The molecule has 4 nitrogen and oxygen atoms in total. The first-order valence-electron chi connectivity index (χ1n) is 7.55. The number of aliphatic hydroxyl groups is 1. The summed E-state index contributed by atoms with van der Waals surface area (Å²) in [6.45, 7) is 8.13. The van der Waals surface area contributed by atoms with E-state index >= 15 is 0 Å².